The molecule has 4 aromatic carbocycles. The Balaban J connectivity index is 1.45. The SMILES string of the molecule is O=S1(=O)c2cc(N=Cc3ccc(Cl)c(Cl)c3)ccc2-c2ccc(N=Cc3ccc(Cl)c(Cl)c3)cc21. The monoisotopic (exact) mass is 558 g/mol. The summed E-state index contributed by atoms with van der Waals surface area (Å²) in [6.45, 7) is 0. The van der Waals surface area contributed by atoms with Crippen molar-refractivity contribution in [3.05, 3.63) is 104 Å². The van der Waals surface area contributed by atoms with Crippen molar-refractivity contribution in [3.63, 3.8) is 0 Å². The molecule has 9 heteroatoms. The fourth-order valence-electron chi connectivity index (χ4n) is 3.67. The Morgan fingerprint density at radius 2 is 0.971 bits per heavy atom. The maximum absolute atomic E-state index is 13.3. The van der Waals surface area contributed by atoms with E-state index < -0.39 is 9.84 Å². The van der Waals surface area contributed by atoms with Gasteiger partial charge in [0.05, 0.1) is 41.3 Å². The molecule has 1 aliphatic rings. The van der Waals surface area contributed by atoms with Crippen molar-refractivity contribution in [1.29, 1.82) is 0 Å². The van der Waals surface area contributed by atoms with Crippen LogP contribution in [0.2, 0.25) is 20.1 Å². The van der Waals surface area contributed by atoms with Gasteiger partial charge in [-0.25, -0.2) is 8.42 Å². The van der Waals surface area contributed by atoms with Crippen LogP contribution < -0.4 is 0 Å². The smallest absolute Gasteiger partial charge is 0.207 e. The molecule has 1 heterocycles. The second-order valence-corrected chi connectivity index (χ2v) is 11.2. The van der Waals surface area contributed by atoms with E-state index in [4.69, 9.17) is 46.4 Å². The molecule has 4 aromatic rings. The van der Waals surface area contributed by atoms with Crippen molar-refractivity contribution in [1.82, 2.24) is 0 Å². The molecular formula is C26H14Cl4N2O2S. The maximum atomic E-state index is 13.3. The molecular weight excluding hydrogens is 546 g/mol. The summed E-state index contributed by atoms with van der Waals surface area (Å²) in [4.78, 5) is 9.24. The van der Waals surface area contributed by atoms with Gasteiger partial charge in [-0.1, -0.05) is 70.7 Å². The Bertz CT molecular complexity index is 1550. The molecule has 1 aliphatic heterocycles. The second kappa shape index (κ2) is 9.41. The fraction of sp³-hybridized carbons (Fsp3) is 0. The summed E-state index contributed by atoms with van der Waals surface area (Å²) in [5, 5.41) is 1.73. The number of nitrogens with zero attached hydrogens (tertiary/aromatic N) is 2. The van der Waals surface area contributed by atoms with E-state index >= 15 is 0 Å². The van der Waals surface area contributed by atoms with Crippen LogP contribution in [-0.2, 0) is 9.84 Å². The zero-order chi connectivity index (χ0) is 24.7. The first-order valence-electron chi connectivity index (χ1n) is 10.2. The van der Waals surface area contributed by atoms with E-state index in [1.54, 1.807) is 85.2 Å². The average molecular weight is 560 g/mol. The number of halogens is 4. The number of rotatable bonds is 4. The highest BCUT2D eigenvalue weighted by molar-refractivity contribution is 7.92. The third-order valence-corrected chi connectivity index (χ3v) is 8.72. The van der Waals surface area contributed by atoms with Crippen LogP contribution in [0.25, 0.3) is 11.1 Å². The Hall–Kier alpha value is -2.67. The lowest BCUT2D eigenvalue weighted by Gasteiger charge is -2.01. The van der Waals surface area contributed by atoms with Crippen LogP contribution in [0.5, 0.6) is 0 Å². The molecule has 0 atom stereocenters. The number of benzene rings is 4. The molecule has 4 nitrogen and oxygen atoms in total. The van der Waals surface area contributed by atoms with Gasteiger partial charge in [0.1, 0.15) is 0 Å². The predicted molar refractivity (Wildman–Crippen MR) is 145 cm³/mol. The van der Waals surface area contributed by atoms with Gasteiger partial charge in [0.15, 0.2) is 0 Å². The van der Waals surface area contributed by atoms with E-state index in [0.717, 1.165) is 11.1 Å². The summed E-state index contributed by atoms with van der Waals surface area (Å²) in [6, 6.07) is 20.5. The lowest BCUT2D eigenvalue weighted by Crippen LogP contribution is -1.96. The summed E-state index contributed by atoms with van der Waals surface area (Å²) >= 11 is 24.0. The molecule has 0 saturated heterocycles. The molecule has 0 N–H and O–H groups in total. The Labute approximate surface area is 222 Å². The summed E-state index contributed by atoms with van der Waals surface area (Å²) < 4.78 is 26.6. The van der Waals surface area contributed by atoms with Crippen LogP contribution in [0.15, 0.2) is 92.6 Å². The molecule has 0 fully saturated rings. The number of sulfone groups is 1. The molecule has 5 rings (SSSR count). The van der Waals surface area contributed by atoms with Crippen molar-refractivity contribution in [2.75, 3.05) is 0 Å². The van der Waals surface area contributed by atoms with Gasteiger partial charge >= 0.3 is 0 Å². The minimum Gasteiger partial charge on any atom is -0.256 e. The quantitative estimate of drug-likeness (QED) is 0.207. The fourth-order valence-corrected chi connectivity index (χ4v) is 6.01. The lowest BCUT2D eigenvalue weighted by atomic mass is 10.1. The van der Waals surface area contributed by atoms with Gasteiger partial charge in [-0.05, 0) is 59.7 Å². The van der Waals surface area contributed by atoms with E-state index in [1.165, 1.54) is 0 Å². The molecule has 0 amide bonds. The summed E-state index contributed by atoms with van der Waals surface area (Å²) in [5.41, 5.74) is 3.76. The Morgan fingerprint density at radius 1 is 0.543 bits per heavy atom. The summed E-state index contributed by atoms with van der Waals surface area (Å²) in [6.07, 6.45) is 3.21. The molecule has 0 saturated carbocycles. The first-order chi connectivity index (χ1) is 16.7. The number of hydrogen-bond acceptors (Lipinski definition) is 4. The van der Waals surface area contributed by atoms with Crippen LogP contribution in [0.3, 0.4) is 0 Å². The first kappa shape index (κ1) is 24.0. The van der Waals surface area contributed by atoms with Crippen molar-refractivity contribution >= 4 is 80.0 Å². The minimum absolute atomic E-state index is 0.210. The van der Waals surface area contributed by atoms with Gasteiger partial charge in [-0.2, -0.15) is 0 Å². The lowest BCUT2D eigenvalue weighted by molar-refractivity contribution is 0.598. The maximum Gasteiger partial charge on any atom is 0.207 e. The normalized spacial score (nSPS) is 13.9. The molecule has 0 spiro atoms. The Morgan fingerprint density at radius 3 is 1.37 bits per heavy atom. The third-order valence-electron chi connectivity index (χ3n) is 5.41. The van der Waals surface area contributed by atoms with Gasteiger partial charge in [0.2, 0.25) is 9.84 Å². The van der Waals surface area contributed by atoms with Gasteiger partial charge in [0, 0.05) is 23.6 Å². The zero-order valence-corrected chi connectivity index (χ0v) is 21.6. The van der Waals surface area contributed by atoms with Crippen molar-refractivity contribution in [2.24, 2.45) is 9.98 Å². The van der Waals surface area contributed by atoms with Crippen LogP contribution in [0.4, 0.5) is 11.4 Å². The third kappa shape index (κ3) is 4.75. The van der Waals surface area contributed by atoms with Gasteiger partial charge in [-0.3, -0.25) is 9.98 Å². The van der Waals surface area contributed by atoms with E-state index in [1.807, 2.05) is 0 Å². The van der Waals surface area contributed by atoms with Gasteiger partial charge < -0.3 is 0 Å². The standard InChI is InChI=1S/C26H14Cl4N2O2S/c27-21-7-1-15(9-23(21)29)13-31-17-3-5-19-20-6-4-18(12-26(20)35(33,34)25(19)11-17)32-14-16-2-8-22(28)24(30)10-16/h1-14H. The van der Waals surface area contributed by atoms with Crippen molar-refractivity contribution in [3.8, 4) is 11.1 Å². The minimum atomic E-state index is -3.73. The van der Waals surface area contributed by atoms with Crippen LogP contribution >= 0.6 is 46.4 Å². The predicted octanol–water partition coefficient (Wildman–Crippen LogP) is 8.61. The van der Waals surface area contributed by atoms with Gasteiger partial charge in [-0.15, -0.1) is 0 Å². The van der Waals surface area contributed by atoms with Crippen LogP contribution in [0.1, 0.15) is 11.1 Å². The molecule has 0 radical (unpaired) electrons. The molecule has 0 aliphatic carbocycles. The molecule has 174 valence electrons. The molecule has 0 unspecified atom stereocenters. The second-order valence-electron chi connectivity index (χ2n) is 7.73. The zero-order valence-electron chi connectivity index (χ0n) is 17.7. The Kier molecular flexibility index (Phi) is 6.47. The van der Waals surface area contributed by atoms with Crippen molar-refractivity contribution in [2.45, 2.75) is 9.79 Å². The van der Waals surface area contributed by atoms with Crippen LogP contribution in [-0.4, -0.2) is 20.8 Å². The highest BCUT2D eigenvalue weighted by Gasteiger charge is 2.33. The number of aliphatic imine (C=N–C) groups is 2. The molecule has 0 aromatic heterocycles. The van der Waals surface area contributed by atoms with E-state index in [0.29, 0.717) is 42.6 Å². The topological polar surface area (TPSA) is 58.9 Å². The summed E-state index contributed by atoms with van der Waals surface area (Å²) in [7, 11) is -3.73. The van der Waals surface area contributed by atoms with E-state index in [2.05, 4.69) is 9.98 Å². The largest absolute Gasteiger partial charge is 0.256 e. The van der Waals surface area contributed by atoms with E-state index in [9.17, 15) is 8.42 Å². The first-order valence-corrected chi connectivity index (χ1v) is 13.2. The number of fused-ring (bicyclic) bond motifs is 3. The van der Waals surface area contributed by atoms with E-state index in [-0.39, 0.29) is 9.79 Å². The highest BCUT2D eigenvalue weighted by Crippen LogP contribution is 2.45. The van der Waals surface area contributed by atoms with Crippen molar-refractivity contribution < 1.29 is 8.42 Å². The summed E-state index contributed by atoms with van der Waals surface area (Å²) in [5.74, 6) is 0. The highest BCUT2D eigenvalue weighted by atomic mass is 35.5. The average Bonchev–Trinajstić information content (AvgIpc) is 3.06. The van der Waals surface area contributed by atoms with Crippen LogP contribution in [0, 0.1) is 0 Å². The molecule has 0 bridgehead atoms. The van der Waals surface area contributed by atoms with Gasteiger partial charge in [0.25, 0.3) is 0 Å². The number of hydrogen-bond donors (Lipinski definition) is 0. The molecule has 35 heavy (non-hydrogen) atoms.